The van der Waals surface area contributed by atoms with Crippen molar-refractivity contribution in [1.82, 2.24) is 0 Å². The third-order valence-electron chi connectivity index (χ3n) is 5.17. The van der Waals surface area contributed by atoms with Crippen molar-refractivity contribution in [2.24, 2.45) is 0 Å². The lowest BCUT2D eigenvalue weighted by Gasteiger charge is -2.16. The van der Waals surface area contributed by atoms with Crippen molar-refractivity contribution in [3.05, 3.63) is 88.5 Å². The summed E-state index contributed by atoms with van der Waals surface area (Å²) in [6, 6.07) is 20.6. The molecule has 0 saturated heterocycles. The second-order valence-corrected chi connectivity index (χ2v) is 7.52. The fourth-order valence-corrected chi connectivity index (χ4v) is 3.28. The van der Waals surface area contributed by atoms with Crippen molar-refractivity contribution >= 4 is 11.5 Å². The van der Waals surface area contributed by atoms with E-state index in [2.05, 4.69) is 25.2 Å². The molecule has 0 aliphatic carbocycles. The number of ketones is 1. The summed E-state index contributed by atoms with van der Waals surface area (Å²) < 4.78 is 10.9. The number of carbonyl (C=O) groups is 1. The van der Waals surface area contributed by atoms with Gasteiger partial charge in [0.2, 0.25) is 0 Å². The van der Waals surface area contributed by atoms with Gasteiger partial charge in [-0.2, -0.15) is 5.26 Å². The Morgan fingerprint density at radius 3 is 2.13 bits per heavy atom. The van der Waals surface area contributed by atoms with Crippen molar-refractivity contribution in [1.29, 1.82) is 5.26 Å². The van der Waals surface area contributed by atoms with E-state index in [-0.39, 0.29) is 5.78 Å². The lowest BCUT2D eigenvalue weighted by Crippen LogP contribution is -2.09. The quantitative estimate of drug-likeness (QED) is 0.490. The zero-order chi connectivity index (χ0) is 22.4. The third kappa shape index (κ3) is 5.04. The van der Waals surface area contributed by atoms with E-state index in [0.29, 0.717) is 46.3 Å². The van der Waals surface area contributed by atoms with Gasteiger partial charge in [-0.25, -0.2) is 0 Å². The number of rotatable bonds is 8. The first-order chi connectivity index (χ1) is 15.0. The first-order valence-electron chi connectivity index (χ1n) is 10.1. The number of benzene rings is 3. The van der Waals surface area contributed by atoms with Gasteiger partial charge in [0.15, 0.2) is 17.3 Å². The molecule has 0 amide bonds. The number of nitrogens with zero attached hydrogens (tertiary/aromatic N) is 1. The van der Waals surface area contributed by atoms with Crippen LogP contribution >= 0.6 is 0 Å². The van der Waals surface area contributed by atoms with Gasteiger partial charge >= 0.3 is 0 Å². The molecule has 5 nitrogen and oxygen atoms in total. The molecule has 0 radical (unpaired) electrons. The van der Waals surface area contributed by atoms with Gasteiger partial charge in [0, 0.05) is 29.4 Å². The molecule has 0 saturated carbocycles. The van der Waals surface area contributed by atoms with Crippen LogP contribution in [-0.4, -0.2) is 20.0 Å². The Balaban J connectivity index is 1.94. The molecule has 31 heavy (non-hydrogen) atoms. The third-order valence-corrected chi connectivity index (χ3v) is 5.17. The van der Waals surface area contributed by atoms with Crippen LogP contribution in [0.3, 0.4) is 0 Å². The molecule has 0 fully saturated rings. The van der Waals surface area contributed by atoms with Crippen LogP contribution in [0.2, 0.25) is 0 Å². The van der Waals surface area contributed by atoms with Crippen molar-refractivity contribution in [3.63, 3.8) is 0 Å². The van der Waals surface area contributed by atoms with Crippen molar-refractivity contribution in [2.75, 3.05) is 19.5 Å². The van der Waals surface area contributed by atoms with Gasteiger partial charge in [0.05, 0.1) is 25.9 Å². The summed E-state index contributed by atoms with van der Waals surface area (Å²) in [5.41, 5.74) is 4.55. The second-order valence-electron chi connectivity index (χ2n) is 7.52. The lowest BCUT2D eigenvalue weighted by molar-refractivity contribution is 0.103. The highest BCUT2D eigenvalue weighted by Gasteiger charge is 2.19. The van der Waals surface area contributed by atoms with Crippen LogP contribution in [0.15, 0.2) is 60.7 Å². The van der Waals surface area contributed by atoms with Crippen molar-refractivity contribution in [3.8, 4) is 17.6 Å². The van der Waals surface area contributed by atoms with Gasteiger partial charge in [-0.3, -0.25) is 4.79 Å². The number of hydrogen-bond acceptors (Lipinski definition) is 5. The molecule has 0 aliphatic heterocycles. The Bertz CT molecular complexity index is 1100. The Labute approximate surface area is 183 Å². The van der Waals surface area contributed by atoms with Gasteiger partial charge in [-0.05, 0) is 35.2 Å². The number of nitrogens with one attached hydrogen (secondary N) is 1. The maximum Gasteiger partial charge on any atom is 0.195 e. The van der Waals surface area contributed by atoms with E-state index in [9.17, 15) is 4.79 Å². The van der Waals surface area contributed by atoms with Crippen LogP contribution in [0, 0.1) is 11.3 Å². The number of ether oxygens (including phenoxy) is 2. The van der Waals surface area contributed by atoms with E-state index in [1.807, 2.05) is 36.4 Å². The molecular weight excluding hydrogens is 388 g/mol. The summed E-state index contributed by atoms with van der Waals surface area (Å²) in [6.45, 7) is 4.74. The van der Waals surface area contributed by atoms with Crippen LogP contribution in [0.1, 0.15) is 52.4 Å². The molecule has 0 bridgehead atoms. The van der Waals surface area contributed by atoms with E-state index >= 15 is 0 Å². The maximum atomic E-state index is 13.3. The molecule has 3 aromatic rings. The number of methoxy groups -OCH3 is 2. The van der Waals surface area contributed by atoms with Crippen LogP contribution in [0.5, 0.6) is 11.5 Å². The summed E-state index contributed by atoms with van der Waals surface area (Å²) in [5, 5.41) is 12.3. The Kier molecular flexibility index (Phi) is 6.94. The molecule has 0 aliphatic rings. The summed E-state index contributed by atoms with van der Waals surface area (Å²) >= 11 is 0. The maximum absolute atomic E-state index is 13.3. The number of nitriles is 1. The Morgan fingerprint density at radius 1 is 0.968 bits per heavy atom. The zero-order valence-corrected chi connectivity index (χ0v) is 18.2. The van der Waals surface area contributed by atoms with Crippen LogP contribution in [-0.2, 0) is 6.54 Å². The average molecular weight is 415 g/mol. The largest absolute Gasteiger partial charge is 0.493 e. The summed E-state index contributed by atoms with van der Waals surface area (Å²) in [4.78, 5) is 13.3. The van der Waals surface area contributed by atoms with Gasteiger partial charge in [0.25, 0.3) is 0 Å². The van der Waals surface area contributed by atoms with Crippen LogP contribution in [0.4, 0.5) is 5.69 Å². The minimum atomic E-state index is -0.0985. The smallest absolute Gasteiger partial charge is 0.195 e. The van der Waals surface area contributed by atoms with E-state index in [4.69, 9.17) is 14.7 Å². The monoisotopic (exact) mass is 414 g/mol. The van der Waals surface area contributed by atoms with E-state index in [0.717, 1.165) is 5.56 Å². The lowest BCUT2D eigenvalue weighted by atomic mass is 9.97. The summed E-state index contributed by atoms with van der Waals surface area (Å²) in [5.74, 6) is 1.33. The number of hydrogen-bond donors (Lipinski definition) is 1. The molecule has 0 spiro atoms. The number of anilines is 1. The molecular formula is C26H26N2O3. The minimum Gasteiger partial charge on any atom is -0.493 e. The SMILES string of the molecule is COc1cc(NCc2ccc(C#N)cc2)c(C(=O)c2ccc(C(C)C)cc2)cc1OC. The van der Waals surface area contributed by atoms with Gasteiger partial charge in [0.1, 0.15) is 0 Å². The fourth-order valence-electron chi connectivity index (χ4n) is 3.28. The molecule has 3 rings (SSSR count). The topological polar surface area (TPSA) is 71.3 Å². The molecule has 0 unspecified atom stereocenters. The van der Waals surface area contributed by atoms with E-state index in [1.54, 1.807) is 38.5 Å². The van der Waals surface area contributed by atoms with Gasteiger partial charge < -0.3 is 14.8 Å². The predicted octanol–water partition coefficient (Wildman–Crippen LogP) is 5.54. The first kappa shape index (κ1) is 21.9. The standard InChI is InChI=1S/C26H26N2O3/c1-17(2)20-9-11-21(12-10-20)26(29)22-13-24(30-3)25(31-4)14-23(22)28-16-19-7-5-18(15-27)6-8-19/h5-14,17,28H,16H2,1-4H3. The first-order valence-corrected chi connectivity index (χ1v) is 10.1. The van der Waals surface area contributed by atoms with Gasteiger partial charge in [-0.1, -0.05) is 50.2 Å². The van der Waals surface area contributed by atoms with E-state index in [1.165, 1.54) is 5.56 Å². The van der Waals surface area contributed by atoms with Crippen molar-refractivity contribution < 1.29 is 14.3 Å². The highest BCUT2D eigenvalue weighted by atomic mass is 16.5. The highest BCUT2D eigenvalue weighted by Crippen LogP contribution is 2.35. The molecule has 0 atom stereocenters. The molecule has 0 aromatic heterocycles. The van der Waals surface area contributed by atoms with Crippen LogP contribution in [0.25, 0.3) is 0 Å². The fraction of sp³-hybridized carbons (Fsp3) is 0.231. The molecule has 1 N–H and O–H groups in total. The number of carbonyl (C=O) groups excluding carboxylic acids is 1. The summed E-state index contributed by atoms with van der Waals surface area (Å²) in [6.07, 6.45) is 0. The average Bonchev–Trinajstić information content (AvgIpc) is 2.82. The molecule has 158 valence electrons. The molecule has 5 heteroatoms. The van der Waals surface area contributed by atoms with E-state index < -0.39 is 0 Å². The molecule has 0 heterocycles. The highest BCUT2D eigenvalue weighted by molar-refractivity contribution is 6.12. The minimum absolute atomic E-state index is 0.0985. The Hall–Kier alpha value is -3.78. The zero-order valence-electron chi connectivity index (χ0n) is 18.2. The van der Waals surface area contributed by atoms with Crippen molar-refractivity contribution in [2.45, 2.75) is 26.3 Å². The van der Waals surface area contributed by atoms with Crippen LogP contribution < -0.4 is 14.8 Å². The summed E-state index contributed by atoms with van der Waals surface area (Å²) in [7, 11) is 3.11. The predicted molar refractivity (Wildman–Crippen MR) is 122 cm³/mol. The van der Waals surface area contributed by atoms with Gasteiger partial charge in [-0.15, -0.1) is 0 Å². The second kappa shape index (κ2) is 9.82. The normalized spacial score (nSPS) is 10.5. The molecule has 3 aromatic carbocycles. The Morgan fingerprint density at radius 2 is 1.58 bits per heavy atom.